The third kappa shape index (κ3) is 7.58. The van der Waals surface area contributed by atoms with Crippen LogP contribution in [0.25, 0.3) is 0 Å². The number of nitrogens with zero attached hydrogens (tertiary/aromatic N) is 1. The topological polar surface area (TPSA) is 94.1 Å². The fourth-order valence-corrected chi connectivity index (χ4v) is 4.20. The molecule has 0 saturated carbocycles. The zero-order chi connectivity index (χ0) is 20.6. The number of hydrogen-bond donors (Lipinski definition) is 1. The molecule has 0 saturated heterocycles. The van der Waals surface area contributed by atoms with Gasteiger partial charge in [0.25, 0.3) is 0 Å². The van der Waals surface area contributed by atoms with E-state index in [0.29, 0.717) is 5.56 Å². The Morgan fingerprint density at radius 2 is 1.74 bits per heavy atom. The lowest BCUT2D eigenvalue weighted by atomic mass is 10.1. The molecule has 152 valence electrons. The minimum atomic E-state index is -3.49. The SMILES string of the molecule is CON=Cc1ccc([C@H](C)S(=O)(=O)C[C@@H](NC(=O)OC(C)C)C(C)C)cc1. The van der Waals surface area contributed by atoms with Gasteiger partial charge < -0.3 is 14.9 Å². The molecule has 0 spiro atoms. The second-order valence-electron chi connectivity index (χ2n) is 7.00. The summed E-state index contributed by atoms with van der Waals surface area (Å²) in [5.41, 5.74) is 1.49. The number of ether oxygens (including phenoxy) is 1. The van der Waals surface area contributed by atoms with E-state index in [0.717, 1.165) is 5.56 Å². The Morgan fingerprint density at radius 1 is 1.15 bits per heavy atom. The summed E-state index contributed by atoms with van der Waals surface area (Å²) in [5, 5.41) is 5.65. The number of sulfone groups is 1. The lowest BCUT2D eigenvalue weighted by molar-refractivity contribution is 0.111. The molecule has 0 aliphatic heterocycles. The van der Waals surface area contributed by atoms with Gasteiger partial charge in [0.2, 0.25) is 0 Å². The molecule has 1 N–H and O–H groups in total. The number of amides is 1. The molecule has 7 nitrogen and oxygen atoms in total. The highest BCUT2D eigenvalue weighted by Gasteiger charge is 2.29. The number of rotatable bonds is 9. The summed E-state index contributed by atoms with van der Waals surface area (Å²) in [4.78, 5) is 16.5. The molecule has 27 heavy (non-hydrogen) atoms. The van der Waals surface area contributed by atoms with Crippen molar-refractivity contribution in [3.63, 3.8) is 0 Å². The Bertz CT molecular complexity index is 727. The first-order valence-corrected chi connectivity index (χ1v) is 10.6. The molecule has 0 aliphatic rings. The Morgan fingerprint density at radius 3 is 2.22 bits per heavy atom. The summed E-state index contributed by atoms with van der Waals surface area (Å²) in [6.07, 6.45) is 0.670. The fourth-order valence-electron chi connectivity index (χ4n) is 2.37. The van der Waals surface area contributed by atoms with Crippen molar-refractivity contribution in [2.24, 2.45) is 11.1 Å². The van der Waals surface area contributed by atoms with Crippen LogP contribution >= 0.6 is 0 Å². The summed E-state index contributed by atoms with van der Waals surface area (Å²) in [5.74, 6) is -0.217. The van der Waals surface area contributed by atoms with Gasteiger partial charge in [0.1, 0.15) is 7.11 Å². The molecular weight excluding hydrogens is 368 g/mol. The Balaban J connectivity index is 2.89. The highest BCUT2D eigenvalue weighted by molar-refractivity contribution is 7.91. The zero-order valence-electron chi connectivity index (χ0n) is 16.8. The van der Waals surface area contributed by atoms with Crippen LogP contribution in [0.2, 0.25) is 0 Å². The monoisotopic (exact) mass is 398 g/mol. The Labute approximate surface area is 162 Å². The summed E-state index contributed by atoms with van der Waals surface area (Å²) >= 11 is 0. The van der Waals surface area contributed by atoms with Crippen LogP contribution in [0.3, 0.4) is 0 Å². The van der Waals surface area contributed by atoms with E-state index in [9.17, 15) is 13.2 Å². The molecule has 0 heterocycles. The summed E-state index contributed by atoms with van der Waals surface area (Å²) < 4.78 is 30.8. The van der Waals surface area contributed by atoms with Crippen molar-refractivity contribution >= 4 is 22.1 Å². The van der Waals surface area contributed by atoms with Crippen LogP contribution in [0.5, 0.6) is 0 Å². The first kappa shape index (κ1) is 23.0. The molecule has 2 atom stereocenters. The fraction of sp³-hybridized carbons (Fsp3) is 0.579. The molecule has 0 aromatic heterocycles. The van der Waals surface area contributed by atoms with E-state index >= 15 is 0 Å². The molecule has 0 bridgehead atoms. The molecule has 1 aromatic carbocycles. The average molecular weight is 399 g/mol. The minimum Gasteiger partial charge on any atom is -0.447 e. The summed E-state index contributed by atoms with van der Waals surface area (Å²) in [6.45, 7) is 8.86. The second-order valence-corrected chi connectivity index (χ2v) is 9.37. The van der Waals surface area contributed by atoms with E-state index < -0.39 is 27.2 Å². The third-order valence-electron chi connectivity index (χ3n) is 4.11. The second kappa shape index (κ2) is 10.3. The lowest BCUT2D eigenvalue weighted by Crippen LogP contribution is -2.44. The molecule has 1 aromatic rings. The van der Waals surface area contributed by atoms with E-state index in [1.807, 2.05) is 13.8 Å². The number of hydrogen-bond acceptors (Lipinski definition) is 6. The van der Waals surface area contributed by atoms with E-state index in [4.69, 9.17) is 4.74 Å². The molecule has 0 radical (unpaired) electrons. The number of oxime groups is 1. The van der Waals surface area contributed by atoms with Crippen molar-refractivity contribution in [1.29, 1.82) is 0 Å². The van der Waals surface area contributed by atoms with Crippen molar-refractivity contribution in [3.05, 3.63) is 35.4 Å². The number of benzene rings is 1. The van der Waals surface area contributed by atoms with Gasteiger partial charge in [-0.05, 0) is 37.8 Å². The van der Waals surface area contributed by atoms with Crippen LogP contribution < -0.4 is 5.32 Å². The van der Waals surface area contributed by atoms with Gasteiger partial charge in [0.15, 0.2) is 9.84 Å². The van der Waals surface area contributed by atoms with Crippen LogP contribution in [-0.4, -0.2) is 45.7 Å². The number of carbonyl (C=O) groups is 1. The van der Waals surface area contributed by atoms with Crippen LogP contribution in [0.4, 0.5) is 4.79 Å². The lowest BCUT2D eigenvalue weighted by Gasteiger charge is -2.24. The van der Waals surface area contributed by atoms with Crippen molar-refractivity contribution in [2.45, 2.75) is 52.0 Å². The molecule has 1 amide bonds. The summed E-state index contributed by atoms with van der Waals surface area (Å²) in [7, 11) is -2.04. The average Bonchev–Trinajstić information content (AvgIpc) is 2.58. The van der Waals surface area contributed by atoms with Crippen LogP contribution in [0.1, 0.15) is 51.0 Å². The Kier molecular flexibility index (Phi) is 8.75. The van der Waals surface area contributed by atoms with Gasteiger partial charge in [-0.25, -0.2) is 13.2 Å². The van der Waals surface area contributed by atoms with Gasteiger partial charge in [-0.15, -0.1) is 0 Å². The van der Waals surface area contributed by atoms with Crippen molar-refractivity contribution in [2.75, 3.05) is 12.9 Å². The smallest absolute Gasteiger partial charge is 0.407 e. The predicted molar refractivity (Wildman–Crippen MR) is 107 cm³/mol. The standard InChI is InChI=1S/C19H30N2O5S/c1-13(2)18(21-19(22)26-14(3)4)12-27(23,24)15(5)17-9-7-16(8-10-17)11-20-25-6/h7-11,13-15,18H,12H2,1-6H3,(H,21,22)/t15-,18+/m0/s1. The van der Waals surface area contributed by atoms with Gasteiger partial charge in [-0.1, -0.05) is 43.3 Å². The zero-order valence-corrected chi connectivity index (χ0v) is 17.6. The Hall–Kier alpha value is -2.09. The summed E-state index contributed by atoms with van der Waals surface area (Å²) in [6, 6.07) is 6.54. The van der Waals surface area contributed by atoms with Gasteiger partial charge in [0, 0.05) is 6.04 Å². The molecular formula is C19H30N2O5S. The quantitative estimate of drug-likeness (QED) is 0.509. The van der Waals surface area contributed by atoms with E-state index in [1.165, 1.54) is 7.11 Å². The van der Waals surface area contributed by atoms with Crippen molar-refractivity contribution < 1.29 is 22.8 Å². The van der Waals surface area contributed by atoms with E-state index in [2.05, 4.69) is 15.3 Å². The third-order valence-corrected chi connectivity index (χ3v) is 6.29. The maximum atomic E-state index is 12.9. The van der Waals surface area contributed by atoms with Gasteiger partial charge in [0.05, 0.1) is 23.3 Å². The maximum Gasteiger partial charge on any atom is 0.407 e. The highest BCUT2D eigenvalue weighted by Crippen LogP contribution is 2.24. The number of nitrogens with one attached hydrogen (secondary N) is 1. The number of carbonyl (C=O) groups excluding carboxylic acids is 1. The highest BCUT2D eigenvalue weighted by atomic mass is 32.2. The molecule has 0 unspecified atom stereocenters. The van der Waals surface area contributed by atoms with E-state index in [-0.39, 0.29) is 17.8 Å². The normalized spacial score (nSPS) is 14.4. The molecule has 1 rings (SSSR count). The van der Waals surface area contributed by atoms with Crippen molar-refractivity contribution in [1.82, 2.24) is 5.32 Å². The van der Waals surface area contributed by atoms with Crippen LogP contribution in [0, 0.1) is 5.92 Å². The number of alkyl carbamates (subject to hydrolysis) is 1. The minimum absolute atomic E-state index is 0.0562. The van der Waals surface area contributed by atoms with Gasteiger partial charge in [-0.3, -0.25) is 0 Å². The first-order valence-electron chi connectivity index (χ1n) is 8.92. The van der Waals surface area contributed by atoms with E-state index in [1.54, 1.807) is 51.3 Å². The van der Waals surface area contributed by atoms with Crippen molar-refractivity contribution in [3.8, 4) is 0 Å². The van der Waals surface area contributed by atoms with Gasteiger partial charge in [-0.2, -0.15) is 0 Å². The molecule has 0 aliphatic carbocycles. The largest absolute Gasteiger partial charge is 0.447 e. The van der Waals surface area contributed by atoms with Crippen LogP contribution in [-0.2, 0) is 19.4 Å². The predicted octanol–water partition coefficient (Wildman–Crippen LogP) is 3.30. The molecule has 8 heteroatoms. The van der Waals surface area contributed by atoms with Gasteiger partial charge >= 0.3 is 6.09 Å². The first-order chi connectivity index (χ1) is 12.6. The van der Waals surface area contributed by atoms with Crippen LogP contribution in [0.15, 0.2) is 29.4 Å². The molecule has 0 fully saturated rings. The maximum absolute atomic E-state index is 12.9.